The summed E-state index contributed by atoms with van der Waals surface area (Å²) >= 11 is 4.14. The third-order valence-electron chi connectivity index (χ3n) is 1.62. The molecule has 0 aliphatic rings. The minimum atomic E-state index is -4.91. The van der Waals surface area contributed by atoms with Crippen LogP contribution in [0.25, 0.3) is 0 Å². The second-order valence-electron chi connectivity index (χ2n) is 2.87. The molecule has 1 rings (SSSR count). The van der Waals surface area contributed by atoms with Crippen molar-refractivity contribution in [3.63, 3.8) is 0 Å². The lowest BCUT2D eigenvalue weighted by atomic mass is 10.3. The van der Waals surface area contributed by atoms with E-state index in [0.29, 0.717) is 0 Å². The van der Waals surface area contributed by atoms with Gasteiger partial charge in [0.05, 0.1) is 4.92 Å². The molecule has 94 valence electrons. The molecule has 1 aromatic rings. The Kier molecular flexibility index (Phi) is 3.46. The summed E-state index contributed by atoms with van der Waals surface area (Å²) in [4.78, 5) is 9.45. The minimum Gasteiger partial charge on any atom is -0.427 e. The van der Waals surface area contributed by atoms with Gasteiger partial charge in [-0.2, -0.15) is 17.6 Å². The average Bonchev–Trinajstić information content (AvgIpc) is 2.16. The van der Waals surface area contributed by atoms with Gasteiger partial charge in [0.25, 0.3) is 5.69 Å². The van der Waals surface area contributed by atoms with Gasteiger partial charge in [-0.25, -0.2) is 0 Å². The smallest absolute Gasteiger partial charge is 0.427 e. The van der Waals surface area contributed by atoms with Gasteiger partial charge in [0.2, 0.25) is 0 Å². The Morgan fingerprint density at radius 1 is 1.18 bits per heavy atom. The van der Waals surface area contributed by atoms with E-state index < -0.39 is 27.9 Å². The van der Waals surface area contributed by atoms with Crippen LogP contribution in [0.4, 0.5) is 23.2 Å². The van der Waals surface area contributed by atoms with E-state index in [9.17, 15) is 27.7 Å². The molecule has 0 unspecified atom stereocenters. The summed E-state index contributed by atoms with van der Waals surface area (Å²) in [6.07, 6.45) is -4.91. The van der Waals surface area contributed by atoms with Crippen molar-refractivity contribution >= 4 is 17.3 Å². The maximum atomic E-state index is 12.6. The van der Waals surface area contributed by atoms with Gasteiger partial charge in [-0.05, 0) is 23.7 Å². The molecule has 0 aliphatic heterocycles. The van der Waals surface area contributed by atoms with Crippen molar-refractivity contribution < 1.29 is 27.2 Å². The van der Waals surface area contributed by atoms with Crippen molar-refractivity contribution in [2.45, 2.75) is 11.5 Å². The van der Waals surface area contributed by atoms with E-state index in [-0.39, 0.29) is 0 Å². The van der Waals surface area contributed by atoms with Crippen LogP contribution in [0.5, 0.6) is 5.75 Å². The van der Waals surface area contributed by atoms with Gasteiger partial charge in [0, 0.05) is 12.1 Å². The first-order valence-corrected chi connectivity index (χ1v) is 4.39. The summed E-state index contributed by atoms with van der Waals surface area (Å²) in [5.41, 5.74) is -0.390. The second-order valence-corrected chi connectivity index (χ2v) is 3.34. The Morgan fingerprint density at radius 3 is 2.00 bits per heavy atom. The Labute approximate surface area is 96.9 Å². The Bertz CT molecular complexity index is 418. The van der Waals surface area contributed by atoms with E-state index in [1.165, 1.54) is 0 Å². The molecule has 0 N–H and O–H groups in total. The molecule has 0 saturated heterocycles. The maximum absolute atomic E-state index is 12.6. The molecule has 0 heterocycles. The van der Waals surface area contributed by atoms with Crippen LogP contribution in [0.15, 0.2) is 24.3 Å². The minimum absolute atomic E-state index is 0.390. The summed E-state index contributed by atoms with van der Waals surface area (Å²) in [6.45, 7) is 0. The summed E-state index contributed by atoms with van der Waals surface area (Å²) in [5, 5.41) is 5.35. The number of nitrogens with zero attached hydrogens (tertiary/aromatic N) is 1. The van der Waals surface area contributed by atoms with E-state index in [1.54, 1.807) is 0 Å². The first-order valence-electron chi connectivity index (χ1n) is 4.01. The molecular formula is C8H4ClF4NO3. The largest absolute Gasteiger partial charge is 0.480 e. The predicted molar refractivity (Wildman–Crippen MR) is 49.5 cm³/mol. The van der Waals surface area contributed by atoms with Crippen LogP contribution in [0.1, 0.15) is 0 Å². The first kappa shape index (κ1) is 13.5. The van der Waals surface area contributed by atoms with Crippen LogP contribution in [-0.4, -0.2) is 16.4 Å². The van der Waals surface area contributed by atoms with Crippen molar-refractivity contribution in [1.82, 2.24) is 0 Å². The molecule has 17 heavy (non-hydrogen) atoms. The number of halogens is 5. The molecule has 9 heteroatoms. The van der Waals surface area contributed by atoms with Crippen LogP contribution >= 0.6 is 11.6 Å². The van der Waals surface area contributed by atoms with Crippen LogP contribution in [0.3, 0.4) is 0 Å². The molecule has 0 atom stereocenters. The molecule has 0 fully saturated rings. The predicted octanol–water partition coefficient (Wildman–Crippen LogP) is 3.40. The number of hydrogen-bond acceptors (Lipinski definition) is 3. The van der Waals surface area contributed by atoms with Crippen molar-refractivity contribution in [3.05, 3.63) is 34.4 Å². The van der Waals surface area contributed by atoms with Crippen molar-refractivity contribution in [1.29, 1.82) is 0 Å². The second kappa shape index (κ2) is 4.36. The van der Waals surface area contributed by atoms with Crippen molar-refractivity contribution in [3.8, 4) is 5.75 Å². The standard InChI is InChI=1S/C8H4ClF4NO3/c9-7(10,11)8(12,13)17-6-3-1-5(2-4-6)14(15)16/h1-4H. The SMILES string of the molecule is O=[N+]([O-])c1ccc(OC(F)(F)C(F)(F)Cl)cc1. The molecule has 0 bridgehead atoms. The van der Waals surface area contributed by atoms with Gasteiger partial charge >= 0.3 is 11.5 Å². The monoisotopic (exact) mass is 273 g/mol. The fourth-order valence-corrected chi connectivity index (χ4v) is 0.880. The molecule has 4 nitrogen and oxygen atoms in total. The highest BCUT2D eigenvalue weighted by Gasteiger charge is 2.58. The van der Waals surface area contributed by atoms with Gasteiger partial charge < -0.3 is 4.74 Å². The zero-order valence-corrected chi connectivity index (χ0v) is 8.63. The van der Waals surface area contributed by atoms with Gasteiger partial charge in [-0.1, -0.05) is 0 Å². The van der Waals surface area contributed by atoms with Crippen molar-refractivity contribution in [2.24, 2.45) is 0 Å². The van der Waals surface area contributed by atoms with Crippen LogP contribution in [-0.2, 0) is 0 Å². The van der Waals surface area contributed by atoms with Gasteiger partial charge in [-0.15, -0.1) is 0 Å². The van der Waals surface area contributed by atoms with Crippen LogP contribution in [0.2, 0.25) is 0 Å². The fourth-order valence-electron chi connectivity index (χ4n) is 0.842. The first-order chi connectivity index (χ1) is 7.63. The Morgan fingerprint density at radius 2 is 1.65 bits per heavy atom. The summed E-state index contributed by atoms with van der Waals surface area (Å²) in [5.74, 6) is -0.666. The van der Waals surface area contributed by atoms with Gasteiger partial charge in [-0.3, -0.25) is 10.1 Å². The summed E-state index contributed by atoms with van der Waals surface area (Å²) in [6, 6.07) is 3.18. The lowest BCUT2D eigenvalue weighted by Gasteiger charge is -2.21. The number of nitro groups is 1. The average molecular weight is 274 g/mol. The summed E-state index contributed by atoms with van der Waals surface area (Å²) < 4.78 is 53.3. The van der Waals surface area contributed by atoms with E-state index in [0.717, 1.165) is 24.3 Å². The summed E-state index contributed by atoms with van der Waals surface area (Å²) in [7, 11) is 0. The van der Waals surface area contributed by atoms with E-state index >= 15 is 0 Å². The lowest BCUT2D eigenvalue weighted by Crippen LogP contribution is -2.41. The van der Waals surface area contributed by atoms with Gasteiger partial charge in [0.1, 0.15) is 5.75 Å². The molecule has 0 saturated carbocycles. The van der Waals surface area contributed by atoms with Crippen LogP contribution < -0.4 is 4.74 Å². The van der Waals surface area contributed by atoms with E-state index in [2.05, 4.69) is 16.3 Å². The molecular weight excluding hydrogens is 270 g/mol. The molecule has 0 radical (unpaired) electrons. The molecule has 0 aliphatic carbocycles. The van der Waals surface area contributed by atoms with E-state index in [1.807, 2.05) is 0 Å². The van der Waals surface area contributed by atoms with Gasteiger partial charge in [0.15, 0.2) is 0 Å². The number of hydrogen-bond donors (Lipinski definition) is 0. The number of ether oxygens (including phenoxy) is 1. The number of nitro benzene ring substituents is 1. The van der Waals surface area contributed by atoms with Crippen molar-refractivity contribution in [2.75, 3.05) is 0 Å². The molecule has 0 spiro atoms. The Balaban J connectivity index is 2.86. The third-order valence-corrected chi connectivity index (χ3v) is 1.84. The molecule has 1 aromatic carbocycles. The highest BCUT2D eigenvalue weighted by Crippen LogP contribution is 2.39. The van der Waals surface area contributed by atoms with E-state index in [4.69, 9.17) is 0 Å². The zero-order valence-electron chi connectivity index (χ0n) is 7.87. The molecule has 0 amide bonds. The maximum Gasteiger partial charge on any atom is 0.480 e. The number of rotatable bonds is 4. The quantitative estimate of drug-likeness (QED) is 0.366. The highest BCUT2D eigenvalue weighted by atomic mass is 35.5. The number of alkyl halides is 5. The third kappa shape index (κ3) is 3.19. The number of benzene rings is 1. The molecule has 0 aromatic heterocycles. The van der Waals surface area contributed by atoms with Crippen LogP contribution in [0, 0.1) is 10.1 Å². The topological polar surface area (TPSA) is 52.4 Å². The Hall–Kier alpha value is -1.57. The fraction of sp³-hybridized carbons (Fsp3) is 0.250. The highest BCUT2D eigenvalue weighted by molar-refractivity contribution is 6.22. The zero-order chi connectivity index (χ0) is 13.3. The number of non-ortho nitro benzene ring substituents is 1. The lowest BCUT2D eigenvalue weighted by molar-refractivity contribution is -0.384. The normalized spacial score (nSPS) is 12.3.